The molecule has 3 aliphatic rings. The summed E-state index contributed by atoms with van der Waals surface area (Å²) in [4.78, 5) is 52.5. The van der Waals surface area contributed by atoms with E-state index in [2.05, 4.69) is 16.0 Å². The van der Waals surface area contributed by atoms with Crippen molar-refractivity contribution in [3.8, 4) is 0 Å². The fraction of sp³-hybridized carbons (Fsp3) is 0.862. The highest BCUT2D eigenvalue weighted by Crippen LogP contribution is 2.27. The fourth-order valence-corrected chi connectivity index (χ4v) is 5.73. The number of hydrogen-bond donors (Lipinski definition) is 9. The molecule has 12 atom stereocenters. The molecule has 0 saturated carbocycles. The summed E-state index contributed by atoms with van der Waals surface area (Å²) in [6.07, 6.45) is -11.2. The number of amides is 4. The Morgan fingerprint density at radius 1 is 0.681 bits per heavy atom. The third-order valence-corrected chi connectivity index (χ3v) is 8.59. The number of nitrogens with zero attached hydrogens (tertiary/aromatic N) is 1. The molecule has 3 rings (SSSR count). The van der Waals surface area contributed by atoms with Crippen molar-refractivity contribution in [1.82, 2.24) is 20.9 Å². The van der Waals surface area contributed by atoms with Crippen LogP contribution in [0.4, 0.5) is 0 Å². The lowest BCUT2D eigenvalue weighted by Gasteiger charge is -2.39. The molecule has 0 bridgehead atoms. The van der Waals surface area contributed by atoms with Crippen LogP contribution in [0.3, 0.4) is 0 Å². The third-order valence-electron chi connectivity index (χ3n) is 8.59. The summed E-state index contributed by atoms with van der Waals surface area (Å²) in [5.74, 6) is -1.67. The van der Waals surface area contributed by atoms with E-state index in [1.165, 1.54) is 25.8 Å². The molecule has 4 amide bonds. The minimum Gasteiger partial charge on any atom is -0.388 e. The SMILES string of the molecule is CNC(=O)CCCCC(=O)N1C(C(=O)NCCO[C@@H]2O[C@@H](C)[C@@H](O)[C@@H](O)[C@@H]2O)CC[C@H]1C(=O)NCCO[C@@H]1O[C@@H](C)[C@@H](O)[C@@H](O)[C@@H]1O. The molecular weight excluding hydrogens is 628 g/mol. The van der Waals surface area contributed by atoms with E-state index in [0.29, 0.717) is 12.8 Å². The summed E-state index contributed by atoms with van der Waals surface area (Å²) in [5, 5.41) is 67.6. The second kappa shape index (κ2) is 18.3. The molecule has 0 radical (unpaired) electrons. The van der Waals surface area contributed by atoms with Gasteiger partial charge in [-0.2, -0.15) is 0 Å². The molecule has 270 valence electrons. The lowest BCUT2D eigenvalue weighted by molar-refractivity contribution is -0.292. The van der Waals surface area contributed by atoms with Crippen molar-refractivity contribution in [3.05, 3.63) is 0 Å². The number of nitrogens with one attached hydrogen (secondary N) is 3. The van der Waals surface area contributed by atoms with Gasteiger partial charge < -0.3 is 70.4 Å². The number of ether oxygens (including phenoxy) is 4. The Balaban J connectivity index is 1.54. The van der Waals surface area contributed by atoms with Gasteiger partial charge in [0.2, 0.25) is 23.6 Å². The van der Waals surface area contributed by atoms with Crippen LogP contribution in [0.1, 0.15) is 52.4 Å². The van der Waals surface area contributed by atoms with Crippen molar-refractivity contribution in [2.24, 2.45) is 0 Å². The normalized spacial score (nSPS) is 35.7. The lowest BCUT2D eigenvalue weighted by Crippen LogP contribution is -2.57. The van der Waals surface area contributed by atoms with Crippen LogP contribution in [-0.4, -0.2) is 166 Å². The maximum Gasteiger partial charge on any atom is 0.242 e. The van der Waals surface area contributed by atoms with E-state index in [4.69, 9.17) is 18.9 Å². The first-order chi connectivity index (χ1) is 22.3. The van der Waals surface area contributed by atoms with Gasteiger partial charge in [0.15, 0.2) is 12.6 Å². The van der Waals surface area contributed by atoms with Crippen LogP contribution >= 0.6 is 0 Å². The molecule has 3 aliphatic heterocycles. The molecule has 3 fully saturated rings. The summed E-state index contributed by atoms with van der Waals surface area (Å²) in [6, 6.07) is -1.94. The van der Waals surface area contributed by atoms with Gasteiger partial charge in [0, 0.05) is 33.0 Å². The molecule has 3 saturated heterocycles. The van der Waals surface area contributed by atoms with Crippen molar-refractivity contribution < 1.29 is 68.8 Å². The van der Waals surface area contributed by atoms with Gasteiger partial charge in [-0.15, -0.1) is 0 Å². The molecule has 0 aromatic heterocycles. The van der Waals surface area contributed by atoms with Gasteiger partial charge in [-0.05, 0) is 39.5 Å². The average molecular weight is 679 g/mol. The van der Waals surface area contributed by atoms with E-state index in [0.717, 1.165) is 0 Å². The number of carbonyl (C=O) groups is 4. The number of likely N-dealkylation sites (tertiary alicyclic amines) is 1. The van der Waals surface area contributed by atoms with Crippen LogP contribution in [0.5, 0.6) is 0 Å². The third kappa shape index (κ3) is 10.2. The minimum absolute atomic E-state index is 0.00329. The topological polar surface area (TPSA) is 266 Å². The first-order valence-corrected chi connectivity index (χ1v) is 16.0. The highest BCUT2D eigenvalue weighted by atomic mass is 16.7. The first kappa shape index (κ1) is 38.9. The Morgan fingerprint density at radius 2 is 1.11 bits per heavy atom. The standard InChI is InChI=1S/C29H50N4O14/c1-14-20(36)22(38)24(40)28(46-14)44-12-10-31-26(42)16-8-9-17(33(16)19(35)7-5-4-6-18(34)30-3)27(43)32-11-13-45-29-25(41)23(39)21(37)15(2)47-29/h14-17,20-25,28-29,36-41H,4-13H2,1-3H3,(H,30,34)(H,31,42)(H,32,43)/t14-,15-,16-,17?,20+,21+,22+,23+,24-,25-,28+,29+/m0/s1. The molecular formula is C29H50N4O14. The largest absolute Gasteiger partial charge is 0.388 e. The molecule has 0 aliphatic carbocycles. The summed E-state index contributed by atoms with van der Waals surface area (Å²) in [6.45, 7) is 2.68. The van der Waals surface area contributed by atoms with Crippen LogP contribution in [-0.2, 0) is 38.1 Å². The molecule has 3 heterocycles. The van der Waals surface area contributed by atoms with Crippen molar-refractivity contribution in [2.75, 3.05) is 33.4 Å². The fourth-order valence-electron chi connectivity index (χ4n) is 5.73. The summed E-state index contributed by atoms with van der Waals surface area (Å²) in [5.41, 5.74) is 0. The smallest absolute Gasteiger partial charge is 0.242 e. The van der Waals surface area contributed by atoms with Crippen LogP contribution < -0.4 is 16.0 Å². The van der Waals surface area contributed by atoms with E-state index in [1.807, 2.05) is 0 Å². The Bertz CT molecular complexity index is 992. The van der Waals surface area contributed by atoms with E-state index >= 15 is 0 Å². The zero-order chi connectivity index (χ0) is 34.8. The average Bonchev–Trinajstić information content (AvgIpc) is 3.51. The van der Waals surface area contributed by atoms with Gasteiger partial charge >= 0.3 is 0 Å². The quantitative estimate of drug-likeness (QED) is 0.0741. The second-order valence-electron chi connectivity index (χ2n) is 12.0. The zero-order valence-corrected chi connectivity index (χ0v) is 26.9. The molecule has 0 aromatic rings. The molecule has 1 unspecified atom stereocenters. The van der Waals surface area contributed by atoms with Gasteiger partial charge in [-0.25, -0.2) is 0 Å². The van der Waals surface area contributed by atoms with Crippen LogP contribution in [0, 0.1) is 0 Å². The maximum absolute atomic E-state index is 13.3. The first-order valence-electron chi connectivity index (χ1n) is 16.0. The van der Waals surface area contributed by atoms with E-state index in [1.54, 1.807) is 0 Å². The van der Waals surface area contributed by atoms with Gasteiger partial charge in [-0.3, -0.25) is 19.2 Å². The van der Waals surface area contributed by atoms with Crippen LogP contribution in [0.15, 0.2) is 0 Å². The number of unbranched alkanes of at least 4 members (excludes halogenated alkanes) is 1. The molecule has 0 spiro atoms. The maximum atomic E-state index is 13.3. The second-order valence-corrected chi connectivity index (χ2v) is 12.0. The van der Waals surface area contributed by atoms with E-state index in [9.17, 15) is 49.8 Å². The van der Waals surface area contributed by atoms with Crippen molar-refractivity contribution >= 4 is 23.6 Å². The Labute approximate surface area is 272 Å². The predicted molar refractivity (Wildman–Crippen MR) is 159 cm³/mol. The molecule has 47 heavy (non-hydrogen) atoms. The van der Waals surface area contributed by atoms with Gasteiger partial charge in [0.1, 0.15) is 48.7 Å². The number of aliphatic hydroxyl groups excluding tert-OH is 6. The van der Waals surface area contributed by atoms with Gasteiger partial charge in [0.25, 0.3) is 0 Å². The molecule has 18 heteroatoms. The monoisotopic (exact) mass is 678 g/mol. The molecule has 0 aromatic carbocycles. The number of aliphatic hydroxyl groups is 6. The van der Waals surface area contributed by atoms with Crippen molar-refractivity contribution in [2.45, 2.75) is 126 Å². The van der Waals surface area contributed by atoms with Crippen molar-refractivity contribution in [3.63, 3.8) is 0 Å². The lowest BCUT2D eigenvalue weighted by atomic mass is 10.0. The number of carbonyl (C=O) groups excluding carboxylic acids is 4. The summed E-state index contributed by atoms with van der Waals surface area (Å²) in [7, 11) is 1.51. The minimum atomic E-state index is -1.50. The Hall–Kier alpha value is -2.52. The van der Waals surface area contributed by atoms with E-state index < -0.39 is 91.2 Å². The van der Waals surface area contributed by atoms with Crippen LogP contribution in [0.25, 0.3) is 0 Å². The van der Waals surface area contributed by atoms with E-state index in [-0.39, 0.29) is 57.9 Å². The molecule has 18 nitrogen and oxygen atoms in total. The van der Waals surface area contributed by atoms with Gasteiger partial charge in [-0.1, -0.05) is 0 Å². The predicted octanol–water partition coefficient (Wildman–Crippen LogP) is -4.43. The summed E-state index contributed by atoms with van der Waals surface area (Å²) < 4.78 is 21.6. The zero-order valence-electron chi connectivity index (χ0n) is 26.9. The van der Waals surface area contributed by atoms with Crippen molar-refractivity contribution in [1.29, 1.82) is 0 Å². The Kier molecular flexibility index (Phi) is 15.2. The number of rotatable bonds is 15. The number of hydrogen-bond acceptors (Lipinski definition) is 14. The van der Waals surface area contributed by atoms with Gasteiger partial charge in [0.05, 0.1) is 25.4 Å². The van der Waals surface area contributed by atoms with Crippen LogP contribution in [0.2, 0.25) is 0 Å². The highest BCUT2D eigenvalue weighted by Gasteiger charge is 2.45. The summed E-state index contributed by atoms with van der Waals surface area (Å²) >= 11 is 0. The highest BCUT2D eigenvalue weighted by molar-refractivity contribution is 5.94. The molecule has 9 N–H and O–H groups in total. The Morgan fingerprint density at radius 3 is 1.53 bits per heavy atom.